The van der Waals surface area contributed by atoms with E-state index in [0.29, 0.717) is 11.7 Å². The van der Waals surface area contributed by atoms with Crippen LogP contribution in [0.2, 0.25) is 0 Å². The third-order valence-corrected chi connectivity index (χ3v) is 3.57. The van der Waals surface area contributed by atoms with Gasteiger partial charge in [-0.2, -0.15) is 0 Å². The summed E-state index contributed by atoms with van der Waals surface area (Å²) < 4.78 is 0. The van der Waals surface area contributed by atoms with Crippen LogP contribution in [0.25, 0.3) is 0 Å². The standard InChI is InChI=1S/C12H15N5OS/c1-2-16-9-10(14-15-11(19)13-9)17(12(16)18)8-6-4-3-5-7-8/h3-7,9-10,14H,2H2,1H3,(H2,13,15,19). The molecule has 3 rings (SSSR count). The smallest absolute Gasteiger partial charge is 0.327 e. The molecule has 3 N–H and O–H groups in total. The molecule has 2 fully saturated rings. The second-order valence-corrected chi connectivity index (χ2v) is 4.81. The first-order valence-corrected chi connectivity index (χ1v) is 6.60. The number of para-hydroxylation sites is 1. The van der Waals surface area contributed by atoms with E-state index in [-0.39, 0.29) is 18.4 Å². The zero-order chi connectivity index (χ0) is 13.4. The zero-order valence-corrected chi connectivity index (χ0v) is 11.3. The molecular formula is C12H15N5OS. The molecule has 0 aromatic heterocycles. The lowest BCUT2D eigenvalue weighted by Crippen LogP contribution is -2.68. The van der Waals surface area contributed by atoms with E-state index in [1.165, 1.54) is 0 Å². The maximum Gasteiger partial charge on any atom is 0.327 e. The van der Waals surface area contributed by atoms with E-state index in [0.717, 1.165) is 5.69 Å². The quantitative estimate of drug-likeness (QED) is 0.691. The summed E-state index contributed by atoms with van der Waals surface area (Å²) in [4.78, 5) is 16.0. The van der Waals surface area contributed by atoms with Crippen LogP contribution < -0.4 is 21.1 Å². The normalized spacial score (nSPS) is 25.9. The summed E-state index contributed by atoms with van der Waals surface area (Å²) in [6.07, 6.45) is -0.354. The van der Waals surface area contributed by atoms with Crippen LogP contribution in [-0.2, 0) is 0 Å². The van der Waals surface area contributed by atoms with Crippen LogP contribution in [-0.4, -0.2) is 34.9 Å². The summed E-state index contributed by atoms with van der Waals surface area (Å²) in [6.45, 7) is 2.58. The van der Waals surface area contributed by atoms with Gasteiger partial charge in [0.2, 0.25) is 0 Å². The Morgan fingerprint density at radius 3 is 2.68 bits per heavy atom. The summed E-state index contributed by atoms with van der Waals surface area (Å²) in [5.41, 5.74) is 6.82. The van der Waals surface area contributed by atoms with E-state index < -0.39 is 0 Å². The van der Waals surface area contributed by atoms with Gasteiger partial charge in [0.1, 0.15) is 12.3 Å². The van der Waals surface area contributed by atoms with Crippen LogP contribution >= 0.6 is 12.2 Å². The van der Waals surface area contributed by atoms with Gasteiger partial charge < -0.3 is 10.2 Å². The third kappa shape index (κ3) is 1.91. The fraction of sp³-hybridized carbons (Fsp3) is 0.333. The van der Waals surface area contributed by atoms with Gasteiger partial charge in [0.25, 0.3) is 0 Å². The van der Waals surface area contributed by atoms with Crippen molar-refractivity contribution < 1.29 is 4.79 Å². The number of likely N-dealkylation sites (N-methyl/N-ethyl adjacent to an activating group) is 1. The minimum absolute atomic E-state index is 0.0322. The Morgan fingerprint density at radius 1 is 1.26 bits per heavy atom. The largest absolute Gasteiger partial charge is 0.338 e. The molecule has 2 aliphatic rings. The fourth-order valence-corrected chi connectivity index (χ4v) is 2.67. The van der Waals surface area contributed by atoms with Crippen LogP contribution in [0.15, 0.2) is 30.3 Å². The molecule has 0 spiro atoms. The van der Waals surface area contributed by atoms with Gasteiger partial charge in [-0.3, -0.25) is 10.3 Å². The summed E-state index contributed by atoms with van der Waals surface area (Å²) in [6, 6.07) is 9.57. The maximum absolute atomic E-state index is 12.5. The number of carbonyl (C=O) groups excluding carboxylic acids is 1. The number of anilines is 1. The van der Waals surface area contributed by atoms with Gasteiger partial charge in [0.05, 0.1) is 0 Å². The highest BCUT2D eigenvalue weighted by atomic mass is 32.1. The van der Waals surface area contributed by atoms with Crippen molar-refractivity contribution in [1.29, 1.82) is 0 Å². The summed E-state index contributed by atoms with van der Waals surface area (Å²) in [5, 5.41) is 3.63. The maximum atomic E-state index is 12.5. The molecule has 2 atom stereocenters. The summed E-state index contributed by atoms with van der Waals surface area (Å²) in [7, 11) is 0. The van der Waals surface area contributed by atoms with E-state index in [1.807, 2.05) is 37.3 Å². The minimum atomic E-state index is -0.193. The van der Waals surface area contributed by atoms with Gasteiger partial charge in [-0.15, -0.1) is 0 Å². The number of benzene rings is 1. The van der Waals surface area contributed by atoms with Crippen molar-refractivity contribution in [2.45, 2.75) is 19.3 Å². The number of hydrogen-bond acceptors (Lipinski definition) is 3. The first-order valence-electron chi connectivity index (χ1n) is 6.19. The molecule has 1 aromatic carbocycles. The van der Waals surface area contributed by atoms with Crippen molar-refractivity contribution in [2.24, 2.45) is 0 Å². The Balaban J connectivity index is 1.97. The second-order valence-electron chi connectivity index (χ2n) is 4.41. The van der Waals surface area contributed by atoms with Crippen LogP contribution in [0.4, 0.5) is 10.5 Å². The number of fused-ring (bicyclic) bond motifs is 1. The molecule has 0 radical (unpaired) electrons. The Bertz CT molecular complexity index is 508. The fourth-order valence-electron chi connectivity index (χ4n) is 2.49. The zero-order valence-electron chi connectivity index (χ0n) is 10.5. The Kier molecular flexibility index (Phi) is 3.00. The predicted molar refractivity (Wildman–Crippen MR) is 76.3 cm³/mol. The highest BCUT2D eigenvalue weighted by Crippen LogP contribution is 2.27. The van der Waals surface area contributed by atoms with E-state index in [1.54, 1.807) is 9.80 Å². The van der Waals surface area contributed by atoms with Gasteiger partial charge in [-0.05, 0) is 31.3 Å². The van der Waals surface area contributed by atoms with Crippen molar-refractivity contribution in [3.05, 3.63) is 30.3 Å². The van der Waals surface area contributed by atoms with Crippen molar-refractivity contribution in [2.75, 3.05) is 11.4 Å². The molecule has 2 aliphatic heterocycles. The molecule has 0 bridgehead atoms. The van der Waals surface area contributed by atoms with Crippen molar-refractivity contribution in [3.63, 3.8) is 0 Å². The first kappa shape index (κ1) is 12.2. The lowest BCUT2D eigenvalue weighted by atomic mass is 10.2. The van der Waals surface area contributed by atoms with Crippen LogP contribution in [0.5, 0.6) is 0 Å². The molecule has 100 valence electrons. The van der Waals surface area contributed by atoms with E-state index in [9.17, 15) is 4.79 Å². The molecule has 2 heterocycles. The average Bonchev–Trinajstić information content (AvgIpc) is 2.70. The molecule has 19 heavy (non-hydrogen) atoms. The van der Waals surface area contributed by atoms with Gasteiger partial charge in [-0.1, -0.05) is 18.2 Å². The third-order valence-electron chi connectivity index (χ3n) is 3.35. The highest BCUT2D eigenvalue weighted by molar-refractivity contribution is 7.80. The van der Waals surface area contributed by atoms with Gasteiger partial charge >= 0.3 is 6.03 Å². The lowest BCUT2D eigenvalue weighted by Gasteiger charge is -2.34. The number of hydrogen-bond donors (Lipinski definition) is 3. The van der Waals surface area contributed by atoms with Gasteiger partial charge in [0, 0.05) is 12.2 Å². The van der Waals surface area contributed by atoms with Crippen molar-refractivity contribution in [1.82, 2.24) is 21.1 Å². The predicted octanol–water partition coefficient (Wildman–Crippen LogP) is 0.583. The van der Waals surface area contributed by atoms with Gasteiger partial charge in [0.15, 0.2) is 5.11 Å². The second kappa shape index (κ2) is 4.67. The number of hydrazine groups is 1. The molecule has 0 aliphatic carbocycles. The molecule has 7 heteroatoms. The number of thiocarbonyl (C=S) groups is 1. The number of nitrogens with one attached hydrogen (secondary N) is 3. The number of nitrogens with zero attached hydrogens (tertiary/aromatic N) is 2. The van der Waals surface area contributed by atoms with Gasteiger partial charge in [-0.25, -0.2) is 10.2 Å². The molecule has 2 amide bonds. The number of rotatable bonds is 2. The summed E-state index contributed by atoms with van der Waals surface area (Å²) >= 11 is 5.08. The Morgan fingerprint density at radius 2 is 2.00 bits per heavy atom. The highest BCUT2D eigenvalue weighted by Gasteiger charge is 2.48. The van der Waals surface area contributed by atoms with Crippen LogP contribution in [0.1, 0.15) is 6.92 Å². The van der Waals surface area contributed by atoms with E-state index in [2.05, 4.69) is 16.2 Å². The average molecular weight is 277 g/mol. The molecule has 2 saturated heterocycles. The van der Waals surface area contributed by atoms with E-state index >= 15 is 0 Å². The minimum Gasteiger partial charge on any atom is -0.338 e. The van der Waals surface area contributed by atoms with Crippen molar-refractivity contribution >= 4 is 29.0 Å². The molecule has 2 unspecified atom stereocenters. The molecule has 1 aromatic rings. The van der Waals surface area contributed by atoms with Crippen LogP contribution in [0, 0.1) is 0 Å². The van der Waals surface area contributed by atoms with Crippen LogP contribution in [0.3, 0.4) is 0 Å². The van der Waals surface area contributed by atoms with Crippen molar-refractivity contribution in [3.8, 4) is 0 Å². The first-order chi connectivity index (χ1) is 9.22. The number of amides is 2. The Hall–Kier alpha value is -1.86. The molecular weight excluding hydrogens is 262 g/mol. The number of carbonyl (C=O) groups is 1. The monoisotopic (exact) mass is 277 g/mol. The topological polar surface area (TPSA) is 59.6 Å². The Labute approximate surface area is 116 Å². The molecule has 0 saturated carbocycles. The molecule has 6 nitrogen and oxygen atoms in total. The lowest BCUT2D eigenvalue weighted by molar-refractivity contribution is 0.194. The van der Waals surface area contributed by atoms with E-state index in [4.69, 9.17) is 12.2 Å². The number of urea groups is 1. The summed E-state index contributed by atoms with van der Waals surface area (Å²) in [5.74, 6) is 0. The SMILES string of the molecule is CCN1C(=O)N(c2ccccc2)C2NNC(=S)NC21.